The van der Waals surface area contributed by atoms with E-state index in [1.54, 1.807) is 0 Å². The van der Waals surface area contributed by atoms with Crippen molar-refractivity contribution in [2.75, 3.05) is 27.7 Å². The summed E-state index contributed by atoms with van der Waals surface area (Å²) in [6.45, 7) is 17.5. The molecule has 0 spiro atoms. The molecule has 28 heavy (non-hydrogen) atoms. The molecule has 3 nitrogen and oxygen atoms in total. The van der Waals surface area contributed by atoms with E-state index in [9.17, 15) is 0 Å². The van der Waals surface area contributed by atoms with Crippen LogP contribution >= 0.6 is 0 Å². The minimum atomic E-state index is 0.487. The molecular weight excluding hydrogens is 342 g/mol. The quantitative estimate of drug-likeness (QED) is 0.436. The average Bonchev–Trinajstić information content (AvgIpc) is 2.75. The zero-order chi connectivity index (χ0) is 22.4. The fourth-order valence-corrected chi connectivity index (χ4v) is 2.58. The van der Waals surface area contributed by atoms with Gasteiger partial charge in [0, 0.05) is 18.6 Å². The normalized spacial score (nSPS) is 12.7. The van der Waals surface area contributed by atoms with E-state index in [2.05, 4.69) is 113 Å². The molecule has 162 valence electrons. The highest BCUT2D eigenvalue weighted by molar-refractivity contribution is 5.18. The highest BCUT2D eigenvalue weighted by atomic mass is 15.1. The predicted octanol–water partition coefficient (Wildman–Crippen LogP) is 5.45. The first-order chi connectivity index (χ1) is 13.6. The van der Waals surface area contributed by atoms with Gasteiger partial charge in [0.1, 0.15) is 0 Å². The number of hydrogen-bond acceptors (Lipinski definition) is 3. The Hall–Kier alpha value is -1.68. The van der Waals surface area contributed by atoms with Crippen LogP contribution in [0.25, 0.3) is 0 Å². The van der Waals surface area contributed by atoms with Crippen LogP contribution in [0.4, 0.5) is 0 Å². The zero-order valence-electron chi connectivity index (χ0n) is 19.8. The van der Waals surface area contributed by atoms with E-state index in [1.807, 2.05) is 13.8 Å². The first kappa shape index (κ1) is 31.0. The van der Waals surface area contributed by atoms with Crippen molar-refractivity contribution in [1.29, 1.82) is 0 Å². The van der Waals surface area contributed by atoms with Crippen LogP contribution < -0.4 is 11.1 Å². The number of hydrogen-bond donors (Lipinski definition) is 2. The van der Waals surface area contributed by atoms with Gasteiger partial charge >= 0.3 is 0 Å². The SMILES string of the molecule is C/C=C\C(=C/C)CC(C)NCC(Cc1ccccc1)N(C)C.C=C.CC.CN. The van der Waals surface area contributed by atoms with E-state index in [1.165, 1.54) is 18.2 Å². The summed E-state index contributed by atoms with van der Waals surface area (Å²) in [5.41, 5.74) is 7.30. The van der Waals surface area contributed by atoms with Gasteiger partial charge in [0.25, 0.3) is 0 Å². The van der Waals surface area contributed by atoms with Crippen LogP contribution in [0.15, 0.2) is 67.3 Å². The van der Waals surface area contributed by atoms with Gasteiger partial charge in [-0.1, -0.05) is 68.0 Å². The Kier molecular flexibility index (Phi) is 25.9. The lowest BCUT2D eigenvalue weighted by Gasteiger charge is -2.27. The van der Waals surface area contributed by atoms with Gasteiger partial charge in [0.2, 0.25) is 0 Å². The van der Waals surface area contributed by atoms with Crippen molar-refractivity contribution in [2.45, 2.75) is 59.5 Å². The largest absolute Gasteiger partial charge is 0.333 e. The summed E-state index contributed by atoms with van der Waals surface area (Å²) in [6.07, 6.45) is 8.67. The van der Waals surface area contributed by atoms with Crippen molar-refractivity contribution in [3.05, 3.63) is 72.9 Å². The van der Waals surface area contributed by atoms with Gasteiger partial charge in [-0.3, -0.25) is 0 Å². The second-order valence-corrected chi connectivity index (χ2v) is 6.18. The van der Waals surface area contributed by atoms with Gasteiger partial charge in [0.15, 0.2) is 0 Å². The maximum atomic E-state index is 4.50. The molecule has 3 N–H and O–H groups in total. The maximum absolute atomic E-state index is 4.50. The standard InChI is InChI=1S/C20H32N2.C2H6.C2H4.CH5N/c1-6-11-18(7-2)14-17(3)21-16-20(22(4)5)15-19-12-9-8-10-13-19;3*1-2/h6-13,17,20-21H,14-16H2,1-5H3;1-2H3;1-2H2;2H2,1H3/b11-6-,18-7+;;;. The monoisotopic (exact) mass is 389 g/mol. The molecule has 0 saturated carbocycles. The predicted molar refractivity (Wildman–Crippen MR) is 131 cm³/mol. The summed E-state index contributed by atoms with van der Waals surface area (Å²) in [7, 11) is 5.83. The molecule has 0 aliphatic heterocycles. The molecule has 0 amide bonds. The molecule has 3 heteroatoms. The Morgan fingerprint density at radius 3 is 2.07 bits per heavy atom. The highest BCUT2D eigenvalue weighted by Crippen LogP contribution is 2.09. The van der Waals surface area contributed by atoms with E-state index in [0.717, 1.165) is 19.4 Å². The molecule has 0 saturated heterocycles. The first-order valence-corrected chi connectivity index (χ1v) is 10.4. The number of nitrogens with zero attached hydrogens (tertiary/aromatic N) is 1. The van der Waals surface area contributed by atoms with Crippen molar-refractivity contribution >= 4 is 0 Å². The van der Waals surface area contributed by atoms with Crippen molar-refractivity contribution in [3.8, 4) is 0 Å². The van der Waals surface area contributed by atoms with Crippen molar-refractivity contribution < 1.29 is 0 Å². The lowest BCUT2D eigenvalue weighted by atomic mass is 10.0. The molecule has 2 atom stereocenters. The number of nitrogens with one attached hydrogen (secondary N) is 1. The minimum Gasteiger partial charge on any atom is -0.333 e. The lowest BCUT2D eigenvalue weighted by molar-refractivity contribution is 0.274. The summed E-state index contributed by atoms with van der Waals surface area (Å²) in [5.74, 6) is 0. The Balaban J connectivity index is -0.000000946. The van der Waals surface area contributed by atoms with Gasteiger partial charge in [0.05, 0.1) is 0 Å². The first-order valence-electron chi connectivity index (χ1n) is 10.4. The van der Waals surface area contributed by atoms with Crippen LogP contribution in [0.5, 0.6) is 0 Å². The second-order valence-electron chi connectivity index (χ2n) is 6.18. The molecule has 2 unspecified atom stereocenters. The number of allylic oxidation sites excluding steroid dienone is 3. The topological polar surface area (TPSA) is 41.3 Å². The molecule has 1 rings (SSSR count). The van der Waals surface area contributed by atoms with Gasteiger partial charge in [-0.05, 0) is 60.3 Å². The van der Waals surface area contributed by atoms with Crippen molar-refractivity contribution in [2.24, 2.45) is 5.73 Å². The van der Waals surface area contributed by atoms with E-state index >= 15 is 0 Å². The number of rotatable bonds is 9. The Morgan fingerprint density at radius 1 is 1.11 bits per heavy atom. The van der Waals surface area contributed by atoms with Crippen LogP contribution in [0.2, 0.25) is 0 Å². The third-order valence-corrected chi connectivity index (χ3v) is 4.04. The molecule has 0 aliphatic carbocycles. The van der Waals surface area contributed by atoms with Gasteiger partial charge in [-0.25, -0.2) is 0 Å². The Morgan fingerprint density at radius 2 is 1.64 bits per heavy atom. The molecular formula is C25H47N3. The number of benzene rings is 1. The van der Waals surface area contributed by atoms with E-state index < -0.39 is 0 Å². The van der Waals surface area contributed by atoms with Crippen LogP contribution in [0.1, 0.15) is 46.6 Å². The summed E-state index contributed by atoms with van der Waals surface area (Å²) in [4.78, 5) is 2.31. The smallest absolute Gasteiger partial charge is 0.0255 e. The van der Waals surface area contributed by atoms with Crippen molar-refractivity contribution in [3.63, 3.8) is 0 Å². The van der Waals surface area contributed by atoms with Gasteiger partial charge in [-0.15, -0.1) is 13.2 Å². The summed E-state index contributed by atoms with van der Waals surface area (Å²) in [5, 5.41) is 3.69. The Bertz CT molecular complexity index is 478. The number of likely N-dealkylation sites (N-methyl/N-ethyl adjacent to an activating group) is 1. The molecule has 0 aromatic heterocycles. The minimum absolute atomic E-state index is 0.487. The van der Waals surface area contributed by atoms with E-state index in [0.29, 0.717) is 12.1 Å². The molecule has 0 aliphatic rings. The molecule has 0 radical (unpaired) electrons. The third-order valence-electron chi connectivity index (χ3n) is 4.04. The van der Waals surface area contributed by atoms with Crippen LogP contribution in [-0.4, -0.2) is 44.7 Å². The van der Waals surface area contributed by atoms with Gasteiger partial charge in [-0.2, -0.15) is 0 Å². The Labute approximate surface area is 176 Å². The third kappa shape index (κ3) is 16.5. The van der Waals surface area contributed by atoms with E-state index in [-0.39, 0.29) is 0 Å². The molecule has 0 fully saturated rings. The molecule has 0 heterocycles. The summed E-state index contributed by atoms with van der Waals surface area (Å²) < 4.78 is 0. The average molecular weight is 390 g/mol. The summed E-state index contributed by atoms with van der Waals surface area (Å²) >= 11 is 0. The van der Waals surface area contributed by atoms with Crippen LogP contribution in [0, 0.1) is 0 Å². The molecule has 1 aromatic carbocycles. The van der Waals surface area contributed by atoms with E-state index in [4.69, 9.17) is 0 Å². The van der Waals surface area contributed by atoms with Crippen molar-refractivity contribution in [1.82, 2.24) is 10.2 Å². The van der Waals surface area contributed by atoms with Crippen LogP contribution in [0.3, 0.4) is 0 Å². The fraction of sp³-hybridized carbons (Fsp3) is 0.520. The zero-order valence-corrected chi connectivity index (χ0v) is 19.8. The fourth-order valence-electron chi connectivity index (χ4n) is 2.58. The lowest BCUT2D eigenvalue weighted by Crippen LogP contribution is -2.42. The number of nitrogens with two attached hydrogens (primary N) is 1. The highest BCUT2D eigenvalue weighted by Gasteiger charge is 2.13. The second kappa shape index (κ2) is 23.4. The summed E-state index contributed by atoms with van der Waals surface area (Å²) in [6, 6.07) is 11.7. The molecule has 1 aromatic rings. The van der Waals surface area contributed by atoms with Gasteiger partial charge < -0.3 is 16.0 Å². The van der Waals surface area contributed by atoms with Crippen LogP contribution in [-0.2, 0) is 6.42 Å². The maximum Gasteiger partial charge on any atom is 0.0255 e. The molecule has 0 bridgehead atoms.